The second-order valence-electron chi connectivity index (χ2n) is 4.72. The molecule has 7 heteroatoms. The lowest BCUT2D eigenvalue weighted by molar-refractivity contribution is 0.0746. The molecule has 2 rings (SSSR count). The van der Waals surface area contributed by atoms with Crippen molar-refractivity contribution in [2.75, 3.05) is 13.1 Å². The Morgan fingerprint density at radius 1 is 1.50 bits per heavy atom. The molecule has 1 heterocycles. The van der Waals surface area contributed by atoms with Crippen LogP contribution in [-0.2, 0) is 13.0 Å². The monoisotopic (exact) mass is 385 g/mol. The Balaban J connectivity index is 2.16. The minimum atomic E-state index is -0.323. The van der Waals surface area contributed by atoms with Gasteiger partial charge < -0.3 is 10.6 Å². The van der Waals surface area contributed by atoms with Gasteiger partial charge in [0, 0.05) is 34.9 Å². The molecule has 0 saturated carbocycles. The van der Waals surface area contributed by atoms with E-state index in [0.717, 1.165) is 9.48 Å². The van der Waals surface area contributed by atoms with Crippen molar-refractivity contribution < 1.29 is 9.18 Å². The fraction of sp³-hybridized carbons (Fsp3) is 0.333. The maximum atomic E-state index is 13.9. The number of carbonyl (C=O) groups excluding carboxylic acids is 1. The van der Waals surface area contributed by atoms with Gasteiger partial charge in [-0.2, -0.15) is 0 Å². The van der Waals surface area contributed by atoms with E-state index in [4.69, 9.17) is 5.73 Å². The Morgan fingerprint density at radius 2 is 2.27 bits per heavy atom. The summed E-state index contributed by atoms with van der Waals surface area (Å²) in [7, 11) is 0. The number of rotatable bonds is 6. The van der Waals surface area contributed by atoms with Crippen LogP contribution in [-0.4, -0.2) is 28.9 Å². The molecule has 0 atom stereocenters. The number of halogens is 2. The zero-order chi connectivity index (χ0) is 16.1. The molecule has 0 fully saturated rings. The van der Waals surface area contributed by atoms with E-state index in [1.54, 1.807) is 22.4 Å². The van der Waals surface area contributed by atoms with E-state index in [2.05, 4.69) is 20.9 Å². The van der Waals surface area contributed by atoms with Crippen molar-refractivity contribution in [3.8, 4) is 0 Å². The Kier molecular flexibility index (Phi) is 6.05. The smallest absolute Gasteiger partial charge is 0.273 e. The third-order valence-corrected chi connectivity index (χ3v) is 4.57. The minimum Gasteiger partial charge on any atom is -0.333 e. The molecule has 0 saturated heterocycles. The summed E-state index contributed by atoms with van der Waals surface area (Å²) >= 11 is 4.74. The number of hydrogen-bond donors (Lipinski definition) is 1. The molecule has 0 aliphatic carbocycles. The Bertz CT molecular complexity index is 662. The molecular weight excluding hydrogens is 369 g/mol. The Morgan fingerprint density at radius 3 is 2.95 bits per heavy atom. The number of carbonyl (C=O) groups is 1. The van der Waals surface area contributed by atoms with Crippen molar-refractivity contribution >= 4 is 33.2 Å². The highest BCUT2D eigenvalue weighted by Gasteiger charge is 2.19. The van der Waals surface area contributed by atoms with Crippen molar-refractivity contribution in [3.05, 3.63) is 50.1 Å². The van der Waals surface area contributed by atoms with Crippen LogP contribution in [0.2, 0.25) is 0 Å². The van der Waals surface area contributed by atoms with Crippen molar-refractivity contribution in [1.29, 1.82) is 0 Å². The lowest BCUT2D eigenvalue weighted by atomic mass is 10.2. The largest absolute Gasteiger partial charge is 0.333 e. The first-order valence-electron chi connectivity index (χ1n) is 6.92. The lowest BCUT2D eigenvalue weighted by Gasteiger charge is -2.20. The molecule has 0 aliphatic heterocycles. The average Bonchev–Trinajstić information content (AvgIpc) is 2.96. The summed E-state index contributed by atoms with van der Waals surface area (Å²) in [6.07, 6.45) is 0.657. The highest BCUT2D eigenvalue weighted by Crippen LogP contribution is 2.19. The topological polar surface area (TPSA) is 59.2 Å². The van der Waals surface area contributed by atoms with Crippen LogP contribution in [0.3, 0.4) is 0 Å². The number of aromatic nitrogens is 1. The highest BCUT2D eigenvalue weighted by atomic mass is 79.9. The first kappa shape index (κ1) is 17.1. The zero-order valence-electron chi connectivity index (χ0n) is 12.2. The molecule has 0 unspecified atom stereocenters. The van der Waals surface area contributed by atoms with Crippen LogP contribution in [0.25, 0.3) is 0 Å². The molecule has 1 aromatic carbocycles. The standard InChI is InChI=1S/C15H17BrFN3OS/c1-2-20(8-10-7-11(16)3-4-12(10)17)15(21)13-9-22-14(19-13)5-6-18/h3-4,7,9H,2,5-6,8,18H2,1H3. The molecule has 1 amide bonds. The summed E-state index contributed by atoms with van der Waals surface area (Å²) in [4.78, 5) is 18.4. The third kappa shape index (κ3) is 4.12. The van der Waals surface area contributed by atoms with Crippen LogP contribution in [0.1, 0.15) is 28.0 Å². The molecule has 2 aromatic rings. The molecule has 118 valence electrons. The van der Waals surface area contributed by atoms with Crippen molar-refractivity contribution in [2.24, 2.45) is 5.73 Å². The second kappa shape index (κ2) is 7.80. The van der Waals surface area contributed by atoms with Gasteiger partial charge in [0.25, 0.3) is 5.91 Å². The fourth-order valence-corrected chi connectivity index (χ4v) is 3.20. The SMILES string of the molecule is CCN(Cc1cc(Br)ccc1F)C(=O)c1csc(CCN)n1. The number of benzene rings is 1. The maximum Gasteiger partial charge on any atom is 0.273 e. The van der Waals surface area contributed by atoms with Gasteiger partial charge >= 0.3 is 0 Å². The van der Waals surface area contributed by atoms with Crippen molar-refractivity contribution in [3.63, 3.8) is 0 Å². The molecule has 0 spiro atoms. The summed E-state index contributed by atoms with van der Waals surface area (Å²) in [5.74, 6) is -0.516. The minimum absolute atomic E-state index is 0.193. The fourth-order valence-electron chi connectivity index (χ4n) is 2.01. The molecule has 2 N–H and O–H groups in total. The van der Waals surface area contributed by atoms with Crippen LogP contribution in [0, 0.1) is 5.82 Å². The van der Waals surface area contributed by atoms with E-state index in [0.29, 0.717) is 30.8 Å². The number of thiazole rings is 1. The molecule has 0 aliphatic rings. The first-order chi connectivity index (χ1) is 10.5. The molecule has 1 aromatic heterocycles. The Hall–Kier alpha value is -1.31. The second-order valence-corrected chi connectivity index (χ2v) is 6.58. The van der Waals surface area contributed by atoms with E-state index in [1.165, 1.54) is 17.4 Å². The van der Waals surface area contributed by atoms with Gasteiger partial charge in [0.15, 0.2) is 0 Å². The third-order valence-electron chi connectivity index (χ3n) is 3.17. The van der Waals surface area contributed by atoms with Gasteiger partial charge in [0.05, 0.1) is 5.01 Å². The van der Waals surface area contributed by atoms with Crippen LogP contribution >= 0.6 is 27.3 Å². The van der Waals surface area contributed by atoms with E-state index < -0.39 is 0 Å². The van der Waals surface area contributed by atoms with Gasteiger partial charge in [-0.3, -0.25) is 4.79 Å². The Labute approximate surface area is 141 Å². The molecule has 0 bridgehead atoms. The van der Waals surface area contributed by atoms with E-state index in [1.807, 2.05) is 6.92 Å². The van der Waals surface area contributed by atoms with Gasteiger partial charge in [0.1, 0.15) is 11.5 Å². The predicted octanol–water partition coefficient (Wildman–Crippen LogP) is 3.21. The van der Waals surface area contributed by atoms with Gasteiger partial charge in [-0.25, -0.2) is 9.37 Å². The van der Waals surface area contributed by atoms with Crippen LogP contribution in [0.15, 0.2) is 28.1 Å². The van der Waals surface area contributed by atoms with Gasteiger partial charge in [-0.15, -0.1) is 11.3 Å². The summed E-state index contributed by atoms with van der Waals surface area (Å²) in [5, 5.41) is 2.57. The van der Waals surface area contributed by atoms with Crippen molar-refractivity contribution in [2.45, 2.75) is 19.9 Å². The summed E-state index contributed by atoms with van der Waals surface area (Å²) < 4.78 is 14.6. The van der Waals surface area contributed by atoms with E-state index in [9.17, 15) is 9.18 Å². The van der Waals surface area contributed by atoms with E-state index in [-0.39, 0.29) is 18.3 Å². The quantitative estimate of drug-likeness (QED) is 0.830. The lowest BCUT2D eigenvalue weighted by Crippen LogP contribution is -2.31. The molecule has 4 nitrogen and oxygen atoms in total. The maximum absolute atomic E-state index is 13.9. The molecule has 22 heavy (non-hydrogen) atoms. The summed E-state index contributed by atoms with van der Waals surface area (Å²) in [6, 6.07) is 4.71. The number of amides is 1. The normalized spacial score (nSPS) is 10.7. The highest BCUT2D eigenvalue weighted by molar-refractivity contribution is 9.10. The molecular formula is C15H17BrFN3OS. The van der Waals surface area contributed by atoms with Crippen LogP contribution in [0.4, 0.5) is 4.39 Å². The van der Waals surface area contributed by atoms with Crippen LogP contribution < -0.4 is 5.73 Å². The van der Waals surface area contributed by atoms with Gasteiger partial charge in [-0.1, -0.05) is 15.9 Å². The summed E-state index contributed by atoms with van der Waals surface area (Å²) in [6.45, 7) is 3.06. The number of hydrogen-bond acceptors (Lipinski definition) is 4. The van der Waals surface area contributed by atoms with Gasteiger partial charge in [0.2, 0.25) is 0 Å². The van der Waals surface area contributed by atoms with Gasteiger partial charge in [-0.05, 0) is 31.7 Å². The molecule has 0 radical (unpaired) electrons. The first-order valence-corrected chi connectivity index (χ1v) is 8.60. The van der Waals surface area contributed by atoms with Crippen molar-refractivity contribution in [1.82, 2.24) is 9.88 Å². The average molecular weight is 386 g/mol. The summed E-state index contributed by atoms with van der Waals surface area (Å²) in [5.41, 5.74) is 6.36. The predicted molar refractivity (Wildman–Crippen MR) is 89.4 cm³/mol. The van der Waals surface area contributed by atoms with E-state index >= 15 is 0 Å². The zero-order valence-corrected chi connectivity index (χ0v) is 14.6. The number of nitrogens with zero attached hydrogens (tertiary/aromatic N) is 2. The number of nitrogens with two attached hydrogens (primary N) is 1. The van der Waals surface area contributed by atoms with Crippen LogP contribution in [0.5, 0.6) is 0 Å².